The number of halogens is 1. The molecule has 1 aliphatic rings. The lowest BCUT2D eigenvalue weighted by Gasteiger charge is -1.61. The highest BCUT2D eigenvalue weighted by Crippen LogP contribution is 2.26. The van der Waals surface area contributed by atoms with E-state index in [1.807, 2.05) is 0 Å². The van der Waals surface area contributed by atoms with Gasteiger partial charge in [-0.05, 0) is 5.92 Å². The van der Waals surface area contributed by atoms with Crippen LogP contribution in [0.3, 0.4) is 0 Å². The van der Waals surface area contributed by atoms with Gasteiger partial charge in [0.15, 0.2) is 0 Å². The normalized spacial score (nSPS) is 14.3. The molecule has 1 rings (SSSR count). The first kappa shape index (κ1) is 11.4. The molecule has 56 valence electrons. The molecule has 1 saturated carbocycles. The van der Waals surface area contributed by atoms with Gasteiger partial charge in [0.2, 0.25) is 0 Å². The summed E-state index contributed by atoms with van der Waals surface area (Å²) in [7, 11) is 0. The van der Waals surface area contributed by atoms with E-state index in [1.165, 1.54) is 12.8 Å². The summed E-state index contributed by atoms with van der Waals surface area (Å²) in [6, 6.07) is 0. The lowest BCUT2D eigenvalue weighted by molar-refractivity contribution is 0.205. The Morgan fingerprint density at radius 3 is 1.78 bits per heavy atom. The molecule has 3 nitrogen and oxygen atoms in total. The Balaban J connectivity index is 0. The molecule has 0 atom stereocenters. The van der Waals surface area contributed by atoms with Gasteiger partial charge in [-0.1, -0.05) is 19.8 Å². The van der Waals surface area contributed by atoms with Crippen LogP contribution in [0.25, 0.3) is 0 Å². The first-order valence-corrected chi connectivity index (χ1v) is 2.61. The second-order valence-corrected chi connectivity index (χ2v) is 2.02. The number of rotatable bonds is 0. The van der Waals surface area contributed by atoms with Gasteiger partial charge in [-0.2, -0.15) is 0 Å². The van der Waals surface area contributed by atoms with Gasteiger partial charge in [0.1, 0.15) is 0 Å². The average Bonchev–Trinajstić information content (AvgIpc) is 2.19. The Kier molecular flexibility index (Phi) is 7.19. The van der Waals surface area contributed by atoms with Crippen molar-refractivity contribution in [1.82, 2.24) is 0 Å². The van der Waals surface area contributed by atoms with Gasteiger partial charge in [-0.25, -0.2) is 4.79 Å². The Morgan fingerprint density at radius 2 is 1.78 bits per heavy atom. The monoisotopic (exact) mass is 153 g/mol. The van der Waals surface area contributed by atoms with Crippen LogP contribution in [0, 0.1) is 5.92 Å². The maximum Gasteiger partial charge on any atom is 0.402 e. The summed E-state index contributed by atoms with van der Waals surface area (Å²) in [6.07, 6.45) is 1.64. The smallest absolute Gasteiger partial charge is 0.402 e. The van der Waals surface area contributed by atoms with Gasteiger partial charge in [-0.15, -0.1) is 12.4 Å². The average molecular weight is 154 g/mol. The number of amides is 1. The molecular weight excluding hydrogens is 142 g/mol. The van der Waals surface area contributed by atoms with Crippen molar-refractivity contribution in [3.8, 4) is 0 Å². The highest BCUT2D eigenvalue weighted by atomic mass is 35.5. The SMILES string of the molecule is CC1CC1.Cl.NC(=O)O. The van der Waals surface area contributed by atoms with Crippen LogP contribution in [0.2, 0.25) is 0 Å². The molecule has 0 heterocycles. The van der Waals surface area contributed by atoms with E-state index in [-0.39, 0.29) is 12.4 Å². The quantitative estimate of drug-likeness (QED) is 0.554. The van der Waals surface area contributed by atoms with Crippen LogP contribution >= 0.6 is 12.4 Å². The molecule has 0 radical (unpaired) electrons. The summed E-state index contributed by atoms with van der Waals surface area (Å²) < 4.78 is 0. The number of carbonyl (C=O) groups is 1. The van der Waals surface area contributed by atoms with Crippen molar-refractivity contribution in [1.29, 1.82) is 0 Å². The molecule has 1 fully saturated rings. The maximum atomic E-state index is 8.78. The molecule has 0 unspecified atom stereocenters. The summed E-state index contributed by atoms with van der Waals surface area (Å²) in [5.74, 6) is 1.08. The Bertz CT molecular complexity index is 79.0. The molecule has 0 spiro atoms. The van der Waals surface area contributed by atoms with Gasteiger partial charge in [0, 0.05) is 0 Å². The van der Waals surface area contributed by atoms with E-state index >= 15 is 0 Å². The minimum Gasteiger partial charge on any atom is -0.465 e. The van der Waals surface area contributed by atoms with E-state index in [0.717, 1.165) is 5.92 Å². The van der Waals surface area contributed by atoms with E-state index < -0.39 is 6.09 Å². The lowest BCUT2D eigenvalue weighted by atomic mass is 10.5. The minimum absolute atomic E-state index is 0. The second kappa shape index (κ2) is 5.69. The molecule has 1 amide bonds. The predicted octanol–water partition coefficient (Wildman–Crippen LogP) is 1.46. The third kappa shape index (κ3) is 35.7. The molecule has 3 N–H and O–H groups in total. The van der Waals surface area contributed by atoms with E-state index in [1.54, 1.807) is 0 Å². The molecule has 0 aromatic rings. The summed E-state index contributed by atoms with van der Waals surface area (Å²) >= 11 is 0. The van der Waals surface area contributed by atoms with E-state index in [4.69, 9.17) is 9.90 Å². The summed E-state index contributed by atoms with van der Waals surface area (Å²) in [5, 5.41) is 7.19. The topological polar surface area (TPSA) is 63.3 Å². The fourth-order valence-corrected chi connectivity index (χ4v) is 0.167. The van der Waals surface area contributed by atoms with Crippen molar-refractivity contribution < 1.29 is 9.90 Å². The fourth-order valence-electron chi connectivity index (χ4n) is 0.167. The molecule has 4 heteroatoms. The van der Waals surface area contributed by atoms with Crippen molar-refractivity contribution in [3.63, 3.8) is 0 Å². The van der Waals surface area contributed by atoms with Crippen molar-refractivity contribution in [3.05, 3.63) is 0 Å². The van der Waals surface area contributed by atoms with E-state index in [2.05, 4.69) is 12.7 Å². The first-order chi connectivity index (χ1) is 3.63. The first-order valence-electron chi connectivity index (χ1n) is 2.61. The summed E-state index contributed by atoms with van der Waals surface area (Å²) in [4.78, 5) is 8.78. The second-order valence-electron chi connectivity index (χ2n) is 2.02. The molecule has 0 aliphatic heterocycles. The minimum atomic E-state index is -1.33. The van der Waals surface area contributed by atoms with Crippen LogP contribution in [-0.4, -0.2) is 11.2 Å². The van der Waals surface area contributed by atoms with Gasteiger partial charge in [0.25, 0.3) is 0 Å². The maximum absolute atomic E-state index is 8.78. The standard InChI is InChI=1S/C4H8.CH3NO2.ClH/c1-4-2-3-4;2-1(3)4;/h4H,2-3H2,1H3;2H2,(H,3,4);1H. The third-order valence-corrected chi connectivity index (χ3v) is 0.866. The van der Waals surface area contributed by atoms with Gasteiger partial charge in [0.05, 0.1) is 0 Å². The molecule has 1 aliphatic carbocycles. The lowest BCUT2D eigenvalue weighted by Crippen LogP contribution is -2.03. The molecule has 0 saturated heterocycles. The Hall–Kier alpha value is -0.440. The molecular formula is C5H12ClNO2. The molecule has 0 aromatic carbocycles. The zero-order chi connectivity index (χ0) is 6.57. The molecule has 9 heavy (non-hydrogen) atoms. The molecule has 0 bridgehead atoms. The van der Waals surface area contributed by atoms with Crippen molar-refractivity contribution in [2.75, 3.05) is 0 Å². The van der Waals surface area contributed by atoms with Crippen LogP contribution in [0.5, 0.6) is 0 Å². The highest BCUT2D eigenvalue weighted by molar-refractivity contribution is 5.85. The van der Waals surface area contributed by atoms with E-state index in [9.17, 15) is 0 Å². The highest BCUT2D eigenvalue weighted by Gasteiger charge is 2.12. The molecule has 0 aromatic heterocycles. The van der Waals surface area contributed by atoms with Crippen LogP contribution in [-0.2, 0) is 0 Å². The Morgan fingerprint density at radius 1 is 1.67 bits per heavy atom. The van der Waals surface area contributed by atoms with Gasteiger partial charge >= 0.3 is 6.09 Å². The van der Waals surface area contributed by atoms with Gasteiger partial charge in [-0.3, -0.25) is 0 Å². The largest absolute Gasteiger partial charge is 0.465 e. The van der Waals surface area contributed by atoms with Crippen LogP contribution in [0.1, 0.15) is 19.8 Å². The third-order valence-electron chi connectivity index (χ3n) is 0.866. The fraction of sp³-hybridized carbons (Fsp3) is 0.800. The van der Waals surface area contributed by atoms with Crippen molar-refractivity contribution in [2.45, 2.75) is 19.8 Å². The zero-order valence-corrected chi connectivity index (χ0v) is 6.15. The van der Waals surface area contributed by atoms with Gasteiger partial charge < -0.3 is 10.8 Å². The summed E-state index contributed by atoms with van der Waals surface area (Å²) in [6.45, 7) is 2.28. The number of carboxylic acid groups (broad SMARTS) is 1. The van der Waals surface area contributed by atoms with E-state index in [0.29, 0.717) is 0 Å². The van der Waals surface area contributed by atoms with Crippen molar-refractivity contribution >= 4 is 18.5 Å². The summed E-state index contributed by atoms with van der Waals surface area (Å²) in [5.41, 5.74) is 4.03. The predicted molar refractivity (Wildman–Crippen MR) is 37.9 cm³/mol. The Labute approximate surface area is 60.6 Å². The number of hydrogen-bond donors (Lipinski definition) is 2. The van der Waals surface area contributed by atoms with Crippen LogP contribution < -0.4 is 5.73 Å². The van der Waals surface area contributed by atoms with Crippen molar-refractivity contribution in [2.24, 2.45) is 11.7 Å². The number of hydrogen-bond acceptors (Lipinski definition) is 1. The number of primary amides is 1. The van der Waals surface area contributed by atoms with Crippen LogP contribution in [0.15, 0.2) is 0 Å². The number of nitrogens with two attached hydrogens (primary N) is 1. The zero-order valence-electron chi connectivity index (χ0n) is 5.33. The van der Waals surface area contributed by atoms with Crippen LogP contribution in [0.4, 0.5) is 4.79 Å².